The van der Waals surface area contributed by atoms with Crippen molar-refractivity contribution in [1.29, 1.82) is 0 Å². The minimum absolute atomic E-state index is 0.195. The van der Waals surface area contributed by atoms with Gasteiger partial charge in [0.15, 0.2) is 11.5 Å². The second-order valence-corrected chi connectivity index (χ2v) is 12.2. The van der Waals surface area contributed by atoms with Crippen molar-refractivity contribution in [2.24, 2.45) is 20.5 Å². The van der Waals surface area contributed by atoms with E-state index in [1.165, 1.54) is 12.1 Å². The first-order chi connectivity index (χ1) is 22.4. The largest absolute Gasteiger partial charge is 0.507 e. The van der Waals surface area contributed by atoms with Gasteiger partial charge in [-0.3, -0.25) is 9.11 Å². The lowest BCUT2D eigenvalue weighted by Crippen LogP contribution is -2.01. The van der Waals surface area contributed by atoms with Crippen LogP contribution in [0.4, 0.5) is 22.7 Å². The van der Waals surface area contributed by atoms with E-state index in [1.807, 2.05) is 0 Å². The highest BCUT2D eigenvalue weighted by molar-refractivity contribution is 7.86. The molecule has 4 aromatic rings. The van der Waals surface area contributed by atoms with Crippen LogP contribution in [0.1, 0.15) is 31.8 Å². The van der Waals surface area contributed by atoms with Crippen LogP contribution in [-0.4, -0.2) is 68.5 Å². The summed E-state index contributed by atoms with van der Waals surface area (Å²) >= 11 is 0. The highest BCUT2D eigenvalue weighted by atomic mass is 32.2. The molecular formula is C28H20N4O14S2. The van der Waals surface area contributed by atoms with Crippen LogP contribution in [0.5, 0.6) is 23.0 Å². The molecule has 0 amide bonds. The molecule has 0 aliphatic heterocycles. The Hall–Kier alpha value is -6.22. The number of rotatable bonds is 10. The Morgan fingerprint density at radius 2 is 0.896 bits per heavy atom. The fourth-order valence-corrected chi connectivity index (χ4v) is 5.42. The standard InChI is InChI=1S/C28H20N4O14S2/c33-19-9-7-17(25(35)23(19)27(37)38)31-29-15-5-3-13(21(11-15)47(41,42)43)1-2-14-4-6-16(12-22(14)48(44,45)46)30-32-18-8-10-20(34)24(26(18)36)28(39)40/h1-12,33-36H,(H,37,38)(H,39,40)(H,41,42,43)(H,44,45,46). The summed E-state index contributed by atoms with van der Waals surface area (Å²) in [5.41, 5.74) is -3.28. The number of nitrogens with zero attached hydrogens (tertiary/aromatic N) is 4. The summed E-state index contributed by atoms with van der Waals surface area (Å²) in [6, 6.07) is 10.3. The highest BCUT2D eigenvalue weighted by Crippen LogP contribution is 2.38. The van der Waals surface area contributed by atoms with E-state index >= 15 is 0 Å². The van der Waals surface area contributed by atoms with Crippen LogP contribution in [0, 0.1) is 0 Å². The zero-order chi connectivity index (χ0) is 35.6. The lowest BCUT2D eigenvalue weighted by atomic mass is 10.1. The van der Waals surface area contributed by atoms with Gasteiger partial charge in [0.25, 0.3) is 20.2 Å². The SMILES string of the molecule is O=C(O)c1c(O)ccc(N=Nc2ccc(C=Cc3ccc(N=Nc4ccc(O)c(C(=O)O)c4O)cc3S(=O)(=O)O)c(S(=O)(=O)O)c2)c1O. The van der Waals surface area contributed by atoms with E-state index < -0.39 is 87.5 Å². The predicted molar refractivity (Wildman–Crippen MR) is 163 cm³/mol. The van der Waals surface area contributed by atoms with E-state index in [0.717, 1.165) is 60.7 Å². The van der Waals surface area contributed by atoms with Crippen molar-refractivity contribution in [2.45, 2.75) is 9.79 Å². The van der Waals surface area contributed by atoms with Gasteiger partial charge in [-0.25, -0.2) is 9.59 Å². The molecule has 248 valence electrons. The number of carboxylic acids is 2. The topological polar surface area (TPSA) is 314 Å². The molecule has 0 radical (unpaired) electrons. The smallest absolute Gasteiger partial charge is 0.343 e. The third kappa shape index (κ3) is 7.59. The van der Waals surface area contributed by atoms with E-state index in [4.69, 9.17) is 10.2 Å². The summed E-state index contributed by atoms with van der Waals surface area (Å²) < 4.78 is 68.3. The minimum atomic E-state index is -4.95. The average Bonchev–Trinajstić information content (AvgIpc) is 2.98. The van der Waals surface area contributed by atoms with Gasteiger partial charge in [0.2, 0.25) is 0 Å². The number of hydrogen-bond acceptors (Lipinski definition) is 14. The Labute approximate surface area is 269 Å². The lowest BCUT2D eigenvalue weighted by molar-refractivity contribution is 0.0678. The predicted octanol–water partition coefficient (Wildman–Crippen LogP) is 5.40. The summed E-state index contributed by atoms with van der Waals surface area (Å²) in [6.45, 7) is 0. The molecule has 0 aromatic heterocycles. The molecule has 0 unspecified atom stereocenters. The van der Waals surface area contributed by atoms with Gasteiger partial charge in [-0.05, 0) is 59.7 Å². The second kappa shape index (κ2) is 13.3. The van der Waals surface area contributed by atoms with E-state index in [2.05, 4.69) is 20.5 Å². The second-order valence-electron chi connectivity index (χ2n) is 9.39. The zero-order valence-corrected chi connectivity index (χ0v) is 25.2. The van der Waals surface area contributed by atoms with E-state index in [9.17, 15) is 56.0 Å². The first kappa shape index (κ1) is 34.6. The lowest BCUT2D eigenvalue weighted by Gasteiger charge is -2.07. The van der Waals surface area contributed by atoms with Crippen molar-refractivity contribution in [3.63, 3.8) is 0 Å². The van der Waals surface area contributed by atoms with Gasteiger partial charge in [-0.15, -0.1) is 10.2 Å². The monoisotopic (exact) mass is 700 g/mol. The van der Waals surface area contributed by atoms with Crippen LogP contribution in [0.3, 0.4) is 0 Å². The van der Waals surface area contributed by atoms with Gasteiger partial charge in [0, 0.05) is 0 Å². The molecule has 0 aliphatic rings. The molecular weight excluding hydrogens is 680 g/mol. The van der Waals surface area contributed by atoms with Crippen LogP contribution in [0.2, 0.25) is 0 Å². The molecule has 18 nitrogen and oxygen atoms in total. The summed E-state index contributed by atoms with van der Waals surface area (Å²) in [6.07, 6.45) is 2.14. The third-order valence-corrected chi connectivity index (χ3v) is 8.05. The summed E-state index contributed by atoms with van der Waals surface area (Å²) in [7, 11) is -9.90. The Balaban J connectivity index is 1.69. The van der Waals surface area contributed by atoms with Crippen molar-refractivity contribution >= 4 is 67.1 Å². The number of aromatic carboxylic acids is 2. The Morgan fingerprint density at radius 1 is 0.542 bits per heavy atom. The maximum absolute atomic E-state index is 12.2. The van der Waals surface area contributed by atoms with Gasteiger partial charge in [-0.2, -0.15) is 27.1 Å². The zero-order valence-electron chi connectivity index (χ0n) is 23.6. The molecule has 20 heteroatoms. The van der Waals surface area contributed by atoms with Crippen LogP contribution in [0.15, 0.2) is 90.9 Å². The number of phenols is 4. The van der Waals surface area contributed by atoms with E-state index in [1.54, 1.807) is 0 Å². The highest BCUT2D eigenvalue weighted by Gasteiger charge is 2.21. The van der Waals surface area contributed by atoms with Gasteiger partial charge in [0.1, 0.15) is 43.8 Å². The fourth-order valence-electron chi connectivity index (χ4n) is 4.02. The van der Waals surface area contributed by atoms with Gasteiger partial charge < -0.3 is 30.6 Å². The van der Waals surface area contributed by atoms with Crippen molar-refractivity contribution in [3.05, 3.63) is 82.9 Å². The maximum atomic E-state index is 12.2. The molecule has 0 bridgehead atoms. The van der Waals surface area contributed by atoms with Crippen LogP contribution >= 0.6 is 0 Å². The average molecular weight is 701 g/mol. The molecule has 8 N–H and O–H groups in total. The van der Waals surface area contributed by atoms with Crippen LogP contribution in [-0.2, 0) is 20.2 Å². The fraction of sp³-hybridized carbons (Fsp3) is 0. The number of carbonyl (C=O) groups is 2. The molecule has 0 aliphatic carbocycles. The Morgan fingerprint density at radius 3 is 1.21 bits per heavy atom. The molecule has 0 saturated heterocycles. The van der Waals surface area contributed by atoms with Crippen LogP contribution < -0.4 is 0 Å². The van der Waals surface area contributed by atoms with Crippen molar-refractivity contribution < 1.29 is 66.2 Å². The number of carboxylic acid groups (broad SMARTS) is 2. The van der Waals surface area contributed by atoms with E-state index in [-0.39, 0.29) is 22.5 Å². The quantitative estimate of drug-likeness (QED) is 0.0583. The molecule has 0 heterocycles. The summed E-state index contributed by atoms with van der Waals surface area (Å²) in [5.74, 6) is -6.65. The number of benzene rings is 4. The van der Waals surface area contributed by atoms with Gasteiger partial charge in [0.05, 0.1) is 11.4 Å². The summed E-state index contributed by atoms with van der Waals surface area (Å²) in [4.78, 5) is 21.1. The van der Waals surface area contributed by atoms with Crippen LogP contribution in [0.25, 0.3) is 12.2 Å². The molecule has 0 spiro atoms. The third-order valence-electron chi connectivity index (χ3n) is 6.24. The summed E-state index contributed by atoms with van der Waals surface area (Å²) in [5, 5.41) is 72.5. The Kier molecular flexibility index (Phi) is 9.57. The normalized spacial score (nSPS) is 12.3. The molecule has 0 saturated carbocycles. The first-order valence-electron chi connectivity index (χ1n) is 12.7. The molecule has 4 aromatic carbocycles. The molecule has 48 heavy (non-hydrogen) atoms. The van der Waals surface area contributed by atoms with Gasteiger partial charge >= 0.3 is 11.9 Å². The molecule has 0 atom stereocenters. The Bertz CT molecular complexity index is 2140. The number of hydrogen-bond donors (Lipinski definition) is 8. The first-order valence-corrected chi connectivity index (χ1v) is 15.6. The van der Waals surface area contributed by atoms with E-state index in [0.29, 0.717) is 0 Å². The van der Waals surface area contributed by atoms with Gasteiger partial charge in [-0.1, -0.05) is 24.3 Å². The number of aromatic hydroxyl groups is 4. The molecule has 4 rings (SSSR count). The van der Waals surface area contributed by atoms with Crippen molar-refractivity contribution in [3.8, 4) is 23.0 Å². The number of azo groups is 2. The van der Waals surface area contributed by atoms with Crippen molar-refractivity contribution in [2.75, 3.05) is 0 Å². The van der Waals surface area contributed by atoms with Crippen molar-refractivity contribution in [1.82, 2.24) is 0 Å². The molecule has 0 fully saturated rings. The minimum Gasteiger partial charge on any atom is -0.507 e. The maximum Gasteiger partial charge on any atom is 0.343 e.